The number of nitrogens with one attached hydrogen (secondary N) is 1. The summed E-state index contributed by atoms with van der Waals surface area (Å²) in [5, 5.41) is 16.7. The van der Waals surface area contributed by atoms with Gasteiger partial charge in [-0.25, -0.2) is 0 Å². The molecule has 1 N–H and O–H groups in total. The van der Waals surface area contributed by atoms with Gasteiger partial charge in [0, 0.05) is 31.7 Å². The summed E-state index contributed by atoms with van der Waals surface area (Å²) in [7, 11) is 0. The highest BCUT2D eigenvalue weighted by molar-refractivity contribution is 5.44. The molecule has 7 nitrogen and oxygen atoms in total. The second-order valence-electron chi connectivity index (χ2n) is 7.20. The molecule has 0 spiro atoms. The van der Waals surface area contributed by atoms with Crippen LogP contribution in [0.25, 0.3) is 5.65 Å². The van der Waals surface area contributed by atoms with Gasteiger partial charge in [0.15, 0.2) is 11.5 Å². The van der Waals surface area contributed by atoms with Crippen molar-refractivity contribution in [2.45, 2.75) is 51.0 Å². The van der Waals surface area contributed by atoms with Crippen LogP contribution in [0.1, 0.15) is 44.9 Å². The summed E-state index contributed by atoms with van der Waals surface area (Å²) in [5.41, 5.74) is 0.995. The summed E-state index contributed by atoms with van der Waals surface area (Å²) in [5.74, 6) is 1.79. The van der Waals surface area contributed by atoms with Gasteiger partial charge in [-0.2, -0.15) is 4.52 Å². The third-order valence-electron chi connectivity index (χ3n) is 5.69. The Labute approximate surface area is 148 Å². The molecule has 0 atom stereocenters. The largest absolute Gasteiger partial charge is 0.381 e. The van der Waals surface area contributed by atoms with E-state index in [2.05, 4.69) is 27.3 Å². The van der Waals surface area contributed by atoms with Gasteiger partial charge >= 0.3 is 0 Å². The minimum Gasteiger partial charge on any atom is -0.381 e. The molecule has 4 rings (SSSR count). The third kappa shape index (κ3) is 3.35. The third-order valence-corrected chi connectivity index (χ3v) is 5.69. The SMILES string of the molecule is CCc1nnc2ccc(NCC3(N4CCCCC4)CCOCC3)nn12. The maximum atomic E-state index is 5.65. The monoisotopic (exact) mass is 344 g/mol. The lowest BCUT2D eigenvalue weighted by Crippen LogP contribution is -2.57. The van der Waals surface area contributed by atoms with E-state index in [9.17, 15) is 0 Å². The molecule has 0 unspecified atom stereocenters. The fraction of sp³-hybridized carbons (Fsp3) is 0.722. The van der Waals surface area contributed by atoms with Crippen LogP contribution in [0.15, 0.2) is 12.1 Å². The number of hydrogen-bond donors (Lipinski definition) is 1. The zero-order valence-electron chi connectivity index (χ0n) is 15.1. The maximum absolute atomic E-state index is 5.65. The molecule has 0 saturated carbocycles. The Morgan fingerprint density at radius 2 is 1.92 bits per heavy atom. The van der Waals surface area contributed by atoms with Crippen molar-refractivity contribution in [1.29, 1.82) is 0 Å². The molecule has 2 aromatic rings. The van der Waals surface area contributed by atoms with Crippen molar-refractivity contribution in [3.05, 3.63) is 18.0 Å². The number of aromatic nitrogens is 4. The van der Waals surface area contributed by atoms with E-state index in [0.29, 0.717) is 0 Å². The van der Waals surface area contributed by atoms with Crippen molar-refractivity contribution in [3.8, 4) is 0 Å². The van der Waals surface area contributed by atoms with Gasteiger partial charge in [-0.05, 0) is 50.9 Å². The molecule has 0 aliphatic carbocycles. The number of ether oxygens (including phenoxy) is 1. The van der Waals surface area contributed by atoms with Crippen molar-refractivity contribution in [1.82, 2.24) is 24.7 Å². The lowest BCUT2D eigenvalue weighted by molar-refractivity contribution is -0.0293. The quantitative estimate of drug-likeness (QED) is 0.896. The Bertz CT molecular complexity index is 703. The zero-order chi connectivity index (χ0) is 17.1. The van der Waals surface area contributed by atoms with Crippen LogP contribution in [0, 0.1) is 0 Å². The lowest BCUT2D eigenvalue weighted by atomic mass is 9.86. The van der Waals surface area contributed by atoms with Gasteiger partial charge in [0.05, 0.1) is 0 Å². The molecular formula is C18H28N6O. The topological polar surface area (TPSA) is 67.6 Å². The molecule has 0 aromatic carbocycles. The molecule has 0 bridgehead atoms. The van der Waals surface area contributed by atoms with Gasteiger partial charge in [-0.1, -0.05) is 13.3 Å². The number of likely N-dealkylation sites (tertiary alicyclic amines) is 1. The molecule has 2 fully saturated rings. The first kappa shape index (κ1) is 16.7. The Kier molecular flexibility index (Phi) is 4.85. The van der Waals surface area contributed by atoms with Gasteiger partial charge in [0.2, 0.25) is 0 Å². The molecule has 136 valence electrons. The first-order valence-corrected chi connectivity index (χ1v) is 9.59. The van der Waals surface area contributed by atoms with Crippen LogP contribution in [0.2, 0.25) is 0 Å². The van der Waals surface area contributed by atoms with Gasteiger partial charge in [0.1, 0.15) is 5.82 Å². The van der Waals surface area contributed by atoms with E-state index in [1.807, 2.05) is 16.6 Å². The number of aryl methyl sites for hydroxylation is 1. The van der Waals surface area contributed by atoms with Gasteiger partial charge in [0.25, 0.3) is 0 Å². The van der Waals surface area contributed by atoms with E-state index in [0.717, 1.165) is 56.3 Å². The minimum atomic E-state index is 0.191. The van der Waals surface area contributed by atoms with Crippen LogP contribution < -0.4 is 5.32 Å². The van der Waals surface area contributed by atoms with Gasteiger partial charge < -0.3 is 10.1 Å². The number of piperidine rings is 1. The standard InChI is InChI=1S/C18H28N6O/c1-2-16-20-21-17-7-6-15(22-24(16)17)19-14-18(8-12-25-13-9-18)23-10-4-3-5-11-23/h6-7H,2-5,8-14H2,1H3,(H,19,22). The van der Waals surface area contributed by atoms with Crippen LogP contribution in [0.3, 0.4) is 0 Å². The van der Waals surface area contributed by atoms with E-state index in [1.165, 1.54) is 32.4 Å². The smallest absolute Gasteiger partial charge is 0.178 e. The molecule has 0 amide bonds. The van der Waals surface area contributed by atoms with Crippen molar-refractivity contribution in [2.75, 3.05) is 38.2 Å². The molecule has 2 aliphatic rings. The summed E-state index contributed by atoms with van der Waals surface area (Å²) >= 11 is 0. The average Bonchev–Trinajstić information content (AvgIpc) is 3.10. The van der Waals surface area contributed by atoms with Crippen molar-refractivity contribution in [2.24, 2.45) is 0 Å². The van der Waals surface area contributed by atoms with E-state index >= 15 is 0 Å². The van der Waals surface area contributed by atoms with Crippen molar-refractivity contribution < 1.29 is 4.74 Å². The van der Waals surface area contributed by atoms with Crippen LogP contribution in [0.4, 0.5) is 5.82 Å². The summed E-state index contributed by atoms with van der Waals surface area (Å²) in [6.45, 7) is 7.12. The summed E-state index contributed by atoms with van der Waals surface area (Å²) in [6, 6.07) is 3.99. The summed E-state index contributed by atoms with van der Waals surface area (Å²) in [6.07, 6.45) is 7.00. The van der Waals surface area contributed by atoms with Crippen LogP contribution >= 0.6 is 0 Å². The highest BCUT2D eigenvalue weighted by atomic mass is 16.5. The molecular weight excluding hydrogens is 316 g/mol. The summed E-state index contributed by atoms with van der Waals surface area (Å²) in [4.78, 5) is 2.70. The predicted octanol–water partition coefficient (Wildman–Crippen LogP) is 2.13. The van der Waals surface area contributed by atoms with Crippen molar-refractivity contribution in [3.63, 3.8) is 0 Å². The van der Waals surface area contributed by atoms with Crippen LogP contribution in [-0.2, 0) is 11.2 Å². The second kappa shape index (κ2) is 7.25. The fourth-order valence-electron chi connectivity index (χ4n) is 4.13. The van der Waals surface area contributed by atoms with Gasteiger partial charge in [-0.3, -0.25) is 4.90 Å². The normalized spacial score (nSPS) is 21.5. The first-order valence-electron chi connectivity index (χ1n) is 9.59. The highest BCUT2D eigenvalue weighted by Crippen LogP contribution is 2.31. The lowest BCUT2D eigenvalue weighted by Gasteiger charge is -2.48. The van der Waals surface area contributed by atoms with Gasteiger partial charge in [-0.15, -0.1) is 15.3 Å². The molecule has 25 heavy (non-hydrogen) atoms. The molecule has 2 aliphatic heterocycles. The number of hydrogen-bond acceptors (Lipinski definition) is 6. The Morgan fingerprint density at radius 1 is 1.12 bits per heavy atom. The van der Waals surface area contributed by atoms with E-state index in [-0.39, 0.29) is 5.54 Å². The molecule has 7 heteroatoms. The number of fused-ring (bicyclic) bond motifs is 1. The summed E-state index contributed by atoms with van der Waals surface area (Å²) < 4.78 is 7.50. The number of rotatable bonds is 5. The number of nitrogens with zero attached hydrogens (tertiary/aromatic N) is 5. The minimum absolute atomic E-state index is 0.191. The van der Waals surface area contributed by atoms with E-state index in [4.69, 9.17) is 9.84 Å². The van der Waals surface area contributed by atoms with Crippen LogP contribution in [-0.4, -0.2) is 63.1 Å². The Hall–Kier alpha value is -1.73. The molecule has 4 heterocycles. The fourth-order valence-corrected chi connectivity index (χ4v) is 4.13. The van der Waals surface area contributed by atoms with Crippen molar-refractivity contribution >= 4 is 11.5 Å². The average molecular weight is 344 g/mol. The molecule has 0 radical (unpaired) electrons. The second-order valence-corrected chi connectivity index (χ2v) is 7.20. The van der Waals surface area contributed by atoms with E-state index < -0.39 is 0 Å². The van der Waals surface area contributed by atoms with E-state index in [1.54, 1.807) is 0 Å². The molecule has 2 aromatic heterocycles. The highest BCUT2D eigenvalue weighted by Gasteiger charge is 2.38. The Morgan fingerprint density at radius 3 is 2.68 bits per heavy atom. The number of anilines is 1. The van der Waals surface area contributed by atoms with Crippen LogP contribution in [0.5, 0.6) is 0 Å². The molecule has 2 saturated heterocycles. The Balaban J connectivity index is 1.52. The first-order chi connectivity index (χ1) is 12.3. The predicted molar refractivity (Wildman–Crippen MR) is 96.9 cm³/mol. The maximum Gasteiger partial charge on any atom is 0.178 e. The zero-order valence-corrected chi connectivity index (χ0v) is 15.1.